The number of benzene rings is 2. The number of nitrogens with zero attached hydrogens (tertiary/aromatic N) is 1. The SMILES string of the molecule is O=C1C=C(Sc2nc3ccccc3s2)C(=O)c2ccccc21. The lowest BCUT2D eigenvalue weighted by atomic mass is 9.95. The fourth-order valence-electron chi connectivity index (χ4n) is 2.36. The summed E-state index contributed by atoms with van der Waals surface area (Å²) < 4.78 is 1.84. The van der Waals surface area contributed by atoms with E-state index in [1.807, 2.05) is 24.3 Å². The van der Waals surface area contributed by atoms with Gasteiger partial charge in [0.15, 0.2) is 10.1 Å². The van der Waals surface area contributed by atoms with Crippen LogP contribution in [-0.4, -0.2) is 16.6 Å². The third-order valence-corrected chi connectivity index (χ3v) is 5.51. The highest BCUT2D eigenvalue weighted by Crippen LogP contribution is 2.37. The number of hydrogen-bond acceptors (Lipinski definition) is 5. The van der Waals surface area contributed by atoms with Crippen molar-refractivity contribution in [3.8, 4) is 0 Å². The van der Waals surface area contributed by atoms with Gasteiger partial charge in [0.2, 0.25) is 5.78 Å². The van der Waals surface area contributed by atoms with Gasteiger partial charge in [-0.15, -0.1) is 11.3 Å². The molecule has 1 aromatic heterocycles. The zero-order valence-electron chi connectivity index (χ0n) is 11.3. The summed E-state index contributed by atoms with van der Waals surface area (Å²) in [6.45, 7) is 0. The first-order chi connectivity index (χ1) is 10.7. The second-order valence-corrected chi connectivity index (χ2v) is 7.12. The van der Waals surface area contributed by atoms with Crippen LogP contribution in [0.4, 0.5) is 0 Å². The van der Waals surface area contributed by atoms with Crippen molar-refractivity contribution in [2.24, 2.45) is 0 Å². The average Bonchev–Trinajstić information content (AvgIpc) is 2.95. The Morgan fingerprint density at radius 3 is 2.45 bits per heavy atom. The fraction of sp³-hybridized carbons (Fsp3) is 0. The van der Waals surface area contributed by atoms with E-state index in [-0.39, 0.29) is 11.6 Å². The van der Waals surface area contributed by atoms with Crippen molar-refractivity contribution in [1.82, 2.24) is 4.98 Å². The van der Waals surface area contributed by atoms with E-state index in [9.17, 15) is 9.59 Å². The smallest absolute Gasteiger partial charge is 0.200 e. The van der Waals surface area contributed by atoms with Crippen LogP contribution in [0.15, 0.2) is 63.9 Å². The van der Waals surface area contributed by atoms with Crippen molar-refractivity contribution < 1.29 is 9.59 Å². The number of fused-ring (bicyclic) bond motifs is 2. The molecule has 0 amide bonds. The van der Waals surface area contributed by atoms with Crippen molar-refractivity contribution >= 4 is 44.9 Å². The topological polar surface area (TPSA) is 47.0 Å². The summed E-state index contributed by atoms with van der Waals surface area (Å²) in [6.07, 6.45) is 1.42. The minimum atomic E-state index is -0.126. The average molecular weight is 323 g/mol. The highest BCUT2D eigenvalue weighted by atomic mass is 32.2. The molecular weight excluding hydrogens is 314 g/mol. The van der Waals surface area contributed by atoms with E-state index in [0.717, 1.165) is 14.6 Å². The monoisotopic (exact) mass is 323 g/mol. The number of thioether (sulfide) groups is 1. The van der Waals surface area contributed by atoms with Crippen molar-refractivity contribution in [3.05, 3.63) is 70.6 Å². The van der Waals surface area contributed by atoms with Crippen LogP contribution in [0.25, 0.3) is 10.2 Å². The van der Waals surface area contributed by atoms with Gasteiger partial charge in [-0.05, 0) is 12.1 Å². The second kappa shape index (κ2) is 5.19. The van der Waals surface area contributed by atoms with Crippen LogP contribution >= 0.6 is 23.1 Å². The molecule has 2 aromatic carbocycles. The summed E-state index contributed by atoms with van der Waals surface area (Å²) in [5.74, 6) is -0.238. The number of carbonyl (C=O) groups excluding carboxylic acids is 2. The Morgan fingerprint density at radius 2 is 1.64 bits per heavy atom. The van der Waals surface area contributed by atoms with Gasteiger partial charge in [0.05, 0.1) is 15.1 Å². The Bertz CT molecular complexity index is 923. The largest absolute Gasteiger partial charge is 0.289 e. The molecule has 0 atom stereocenters. The molecule has 1 heterocycles. The predicted octanol–water partition coefficient (Wildman–Crippen LogP) is 4.35. The molecular formula is C17H9NO2S2. The molecule has 5 heteroatoms. The number of para-hydroxylation sites is 1. The minimum Gasteiger partial charge on any atom is -0.289 e. The molecule has 0 aliphatic heterocycles. The molecule has 106 valence electrons. The van der Waals surface area contributed by atoms with E-state index >= 15 is 0 Å². The van der Waals surface area contributed by atoms with Crippen molar-refractivity contribution in [3.63, 3.8) is 0 Å². The Kier molecular flexibility index (Phi) is 3.17. The number of ketones is 2. The molecule has 0 saturated carbocycles. The van der Waals surface area contributed by atoms with E-state index in [0.29, 0.717) is 16.0 Å². The highest BCUT2D eigenvalue weighted by Gasteiger charge is 2.26. The summed E-state index contributed by atoms with van der Waals surface area (Å²) in [6, 6.07) is 14.7. The molecule has 0 saturated heterocycles. The van der Waals surface area contributed by atoms with Gasteiger partial charge in [-0.2, -0.15) is 0 Å². The number of allylic oxidation sites excluding steroid dienone is 2. The molecule has 0 bridgehead atoms. The minimum absolute atomic E-state index is 0.112. The highest BCUT2D eigenvalue weighted by molar-refractivity contribution is 8.05. The van der Waals surface area contributed by atoms with Gasteiger partial charge in [0.1, 0.15) is 0 Å². The summed E-state index contributed by atoms with van der Waals surface area (Å²) in [5, 5.41) is 0. The summed E-state index contributed by atoms with van der Waals surface area (Å²) >= 11 is 2.79. The molecule has 0 fully saturated rings. The Balaban J connectivity index is 1.71. The second-order valence-electron chi connectivity index (χ2n) is 4.80. The van der Waals surface area contributed by atoms with Gasteiger partial charge in [-0.1, -0.05) is 48.2 Å². The third kappa shape index (κ3) is 2.19. The van der Waals surface area contributed by atoms with E-state index in [2.05, 4.69) is 4.98 Å². The van der Waals surface area contributed by atoms with Gasteiger partial charge in [0.25, 0.3) is 0 Å². The zero-order chi connectivity index (χ0) is 15.1. The van der Waals surface area contributed by atoms with Crippen LogP contribution in [0, 0.1) is 0 Å². The standard InChI is InChI=1S/C17H9NO2S2/c19-13-9-15(16(20)11-6-2-1-5-10(11)13)22-17-18-12-7-3-4-8-14(12)21-17/h1-9H. The van der Waals surface area contributed by atoms with Crippen LogP contribution in [0.1, 0.15) is 20.7 Å². The molecule has 1 aliphatic carbocycles. The normalized spacial score (nSPS) is 14.1. The first-order valence-electron chi connectivity index (χ1n) is 6.65. The van der Waals surface area contributed by atoms with Crippen LogP contribution in [0.2, 0.25) is 0 Å². The maximum absolute atomic E-state index is 12.5. The van der Waals surface area contributed by atoms with Gasteiger partial charge < -0.3 is 0 Å². The zero-order valence-corrected chi connectivity index (χ0v) is 12.9. The Hall–Kier alpha value is -2.24. The molecule has 3 nitrogen and oxygen atoms in total. The fourth-order valence-corrected chi connectivity index (χ4v) is 4.46. The Labute approximate surface area is 134 Å². The molecule has 1 aliphatic rings. The van der Waals surface area contributed by atoms with Gasteiger partial charge in [0, 0.05) is 17.2 Å². The maximum Gasteiger partial charge on any atom is 0.200 e. The van der Waals surface area contributed by atoms with E-state index in [1.165, 1.54) is 29.2 Å². The molecule has 22 heavy (non-hydrogen) atoms. The van der Waals surface area contributed by atoms with Crippen LogP contribution in [-0.2, 0) is 0 Å². The van der Waals surface area contributed by atoms with Gasteiger partial charge in [-0.3, -0.25) is 9.59 Å². The molecule has 0 unspecified atom stereocenters. The lowest BCUT2D eigenvalue weighted by Crippen LogP contribution is -2.15. The first-order valence-corrected chi connectivity index (χ1v) is 8.29. The van der Waals surface area contributed by atoms with Crippen molar-refractivity contribution in [2.45, 2.75) is 4.34 Å². The van der Waals surface area contributed by atoms with Crippen molar-refractivity contribution in [1.29, 1.82) is 0 Å². The van der Waals surface area contributed by atoms with E-state index in [4.69, 9.17) is 0 Å². The summed E-state index contributed by atoms with van der Waals surface area (Å²) in [7, 11) is 0. The lowest BCUT2D eigenvalue weighted by molar-refractivity contribution is 0.0991. The van der Waals surface area contributed by atoms with E-state index < -0.39 is 0 Å². The quantitative estimate of drug-likeness (QED) is 0.703. The van der Waals surface area contributed by atoms with Crippen molar-refractivity contribution in [2.75, 3.05) is 0 Å². The molecule has 0 spiro atoms. The number of rotatable bonds is 2. The molecule has 4 rings (SSSR count). The Morgan fingerprint density at radius 1 is 0.909 bits per heavy atom. The summed E-state index contributed by atoms with van der Waals surface area (Å²) in [4.78, 5) is 29.6. The number of thiazole rings is 1. The molecule has 0 N–H and O–H groups in total. The number of aromatic nitrogens is 1. The number of Topliss-reactive ketones (excluding diaryl/α,β-unsaturated/α-hetero) is 1. The summed E-state index contributed by atoms with van der Waals surface area (Å²) in [5.41, 5.74) is 1.85. The van der Waals surface area contributed by atoms with Crippen LogP contribution in [0.5, 0.6) is 0 Å². The first kappa shape index (κ1) is 13.4. The van der Waals surface area contributed by atoms with Gasteiger partial charge in [-0.25, -0.2) is 4.98 Å². The molecule has 0 radical (unpaired) electrons. The van der Waals surface area contributed by atoms with Gasteiger partial charge >= 0.3 is 0 Å². The van der Waals surface area contributed by atoms with E-state index in [1.54, 1.807) is 24.3 Å². The maximum atomic E-state index is 12.5. The third-order valence-electron chi connectivity index (χ3n) is 3.39. The van der Waals surface area contributed by atoms with Crippen LogP contribution < -0.4 is 0 Å². The molecule has 3 aromatic rings. The number of hydrogen-bond donors (Lipinski definition) is 0. The van der Waals surface area contributed by atoms with Crippen LogP contribution in [0.3, 0.4) is 0 Å². The lowest BCUT2D eigenvalue weighted by Gasteiger charge is -2.13. The predicted molar refractivity (Wildman–Crippen MR) is 88.7 cm³/mol. The number of carbonyl (C=O) groups is 2.